The molecule has 3 rings (SSSR count). The van der Waals surface area contributed by atoms with Crippen molar-refractivity contribution >= 4 is 22.9 Å². The van der Waals surface area contributed by atoms with Crippen LogP contribution < -0.4 is 0 Å². The molecule has 1 aliphatic rings. The molecule has 4 heteroatoms. The van der Waals surface area contributed by atoms with Crippen LogP contribution in [0, 0.1) is 13.8 Å². The van der Waals surface area contributed by atoms with E-state index in [4.69, 9.17) is 4.42 Å². The molecule has 1 aromatic carbocycles. The number of aryl methyl sites for hydroxylation is 2. The summed E-state index contributed by atoms with van der Waals surface area (Å²) in [5, 5.41) is 1.02. The Balaban J connectivity index is 2.14. The fourth-order valence-electron chi connectivity index (χ4n) is 2.70. The van der Waals surface area contributed by atoms with Gasteiger partial charge in [-0.2, -0.15) is 0 Å². The summed E-state index contributed by atoms with van der Waals surface area (Å²) in [4.78, 5) is 22.8. The SMILES string of the molecule is Cc1oc2cccc(C3CC(=O)OC(=O)C3)c2c1C. The minimum absolute atomic E-state index is 0.117. The van der Waals surface area contributed by atoms with Crippen LogP contribution in [0.2, 0.25) is 0 Å². The van der Waals surface area contributed by atoms with E-state index in [2.05, 4.69) is 4.74 Å². The summed E-state index contributed by atoms with van der Waals surface area (Å²) >= 11 is 0. The smallest absolute Gasteiger partial charge is 0.314 e. The van der Waals surface area contributed by atoms with Crippen molar-refractivity contribution in [3.8, 4) is 0 Å². The fourth-order valence-corrected chi connectivity index (χ4v) is 2.70. The Morgan fingerprint density at radius 3 is 2.47 bits per heavy atom. The highest BCUT2D eigenvalue weighted by Crippen LogP contribution is 2.36. The third-order valence-corrected chi connectivity index (χ3v) is 3.72. The molecule has 1 aromatic heterocycles. The van der Waals surface area contributed by atoms with Crippen LogP contribution in [0.15, 0.2) is 22.6 Å². The van der Waals surface area contributed by atoms with E-state index < -0.39 is 11.9 Å². The van der Waals surface area contributed by atoms with Crippen LogP contribution in [0.4, 0.5) is 0 Å². The van der Waals surface area contributed by atoms with Crippen LogP contribution in [0.25, 0.3) is 11.0 Å². The second-order valence-electron chi connectivity index (χ2n) is 4.95. The number of fused-ring (bicyclic) bond motifs is 1. The van der Waals surface area contributed by atoms with Gasteiger partial charge in [0.2, 0.25) is 0 Å². The minimum Gasteiger partial charge on any atom is -0.461 e. The minimum atomic E-state index is -0.448. The molecule has 0 aliphatic carbocycles. The van der Waals surface area contributed by atoms with Crippen LogP contribution in [-0.4, -0.2) is 11.9 Å². The number of esters is 2. The molecule has 0 N–H and O–H groups in total. The normalized spacial score (nSPS) is 16.9. The zero-order chi connectivity index (χ0) is 13.6. The maximum atomic E-state index is 11.4. The van der Waals surface area contributed by atoms with Crippen molar-refractivity contribution in [1.29, 1.82) is 0 Å². The summed E-state index contributed by atoms with van der Waals surface area (Å²) in [7, 11) is 0. The second kappa shape index (κ2) is 4.23. The van der Waals surface area contributed by atoms with Crippen molar-refractivity contribution in [3.05, 3.63) is 35.1 Å². The van der Waals surface area contributed by atoms with Gasteiger partial charge in [-0.1, -0.05) is 12.1 Å². The quantitative estimate of drug-likeness (QED) is 0.583. The van der Waals surface area contributed by atoms with E-state index in [0.717, 1.165) is 27.9 Å². The maximum Gasteiger partial charge on any atom is 0.314 e. The fraction of sp³-hybridized carbons (Fsp3) is 0.333. The Labute approximate surface area is 110 Å². The molecule has 1 saturated heterocycles. The summed E-state index contributed by atoms with van der Waals surface area (Å²) in [5.41, 5.74) is 2.87. The Morgan fingerprint density at radius 2 is 1.79 bits per heavy atom. The van der Waals surface area contributed by atoms with Crippen LogP contribution in [0.3, 0.4) is 0 Å². The van der Waals surface area contributed by atoms with Gasteiger partial charge < -0.3 is 9.15 Å². The lowest BCUT2D eigenvalue weighted by Crippen LogP contribution is -2.24. The lowest BCUT2D eigenvalue weighted by Gasteiger charge is -2.20. The number of carbonyl (C=O) groups is 2. The summed E-state index contributed by atoms with van der Waals surface area (Å²) in [6.45, 7) is 3.91. The van der Waals surface area contributed by atoms with Crippen molar-refractivity contribution < 1.29 is 18.7 Å². The van der Waals surface area contributed by atoms with Crippen LogP contribution >= 0.6 is 0 Å². The Kier molecular flexibility index (Phi) is 2.66. The molecule has 0 saturated carbocycles. The van der Waals surface area contributed by atoms with Crippen molar-refractivity contribution in [2.45, 2.75) is 32.6 Å². The van der Waals surface area contributed by atoms with Gasteiger partial charge in [0.05, 0.1) is 12.8 Å². The van der Waals surface area contributed by atoms with Crippen molar-refractivity contribution in [2.24, 2.45) is 0 Å². The first-order valence-corrected chi connectivity index (χ1v) is 6.28. The summed E-state index contributed by atoms with van der Waals surface area (Å²) in [6, 6.07) is 5.76. The second-order valence-corrected chi connectivity index (χ2v) is 4.95. The zero-order valence-corrected chi connectivity index (χ0v) is 10.9. The Bertz CT molecular complexity index is 665. The molecule has 98 valence electrons. The Hall–Kier alpha value is -2.10. The van der Waals surface area contributed by atoms with E-state index in [1.165, 1.54) is 0 Å². The van der Waals surface area contributed by atoms with Crippen LogP contribution in [0.1, 0.15) is 35.6 Å². The molecule has 1 fully saturated rings. The average Bonchev–Trinajstić information content (AvgIpc) is 2.64. The highest BCUT2D eigenvalue weighted by Gasteiger charge is 2.30. The number of rotatable bonds is 1. The maximum absolute atomic E-state index is 11.4. The molecule has 19 heavy (non-hydrogen) atoms. The molecule has 0 radical (unpaired) electrons. The molecule has 2 aromatic rings. The van der Waals surface area contributed by atoms with E-state index in [9.17, 15) is 9.59 Å². The molecule has 0 bridgehead atoms. The van der Waals surface area contributed by atoms with Gasteiger partial charge in [0.25, 0.3) is 0 Å². The van der Waals surface area contributed by atoms with Gasteiger partial charge in [0.15, 0.2) is 0 Å². The van der Waals surface area contributed by atoms with Crippen molar-refractivity contribution in [1.82, 2.24) is 0 Å². The number of furan rings is 1. The number of cyclic esters (lactones) is 2. The van der Waals surface area contributed by atoms with Gasteiger partial charge >= 0.3 is 11.9 Å². The Morgan fingerprint density at radius 1 is 1.11 bits per heavy atom. The number of hydrogen-bond acceptors (Lipinski definition) is 4. The molecular formula is C15H14O4. The lowest BCUT2D eigenvalue weighted by molar-refractivity contribution is -0.163. The van der Waals surface area contributed by atoms with Gasteiger partial charge in [0.1, 0.15) is 11.3 Å². The van der Waals surface area contributed by atoms with E-state index >= 15 is 0 Å². The molecule has 1 aliphatic heterocycles. The topological polar surface area (TPSA) is 56.5 Å². The number of hydrogen-bond donors (Lipinski definition) is 0. The van der Waals surface area contributed by atoms with Gasteiger partial charge in [-0.15, -0.1) is 0 Å². The first kappa shape index (κ1) is 12.0. The predicted octanol–water partition coefficient (Wildman–Crippen LogP) is 3.00. The third-order valence-electron chi connectivity index (χ3n) is 3.72. The van der Waals surface area contributed by atoms with Gasteiger partial charge in [-0.3, -0.25) is 9.59 Å². The first-order chi connectivity index (χ1) is 9.06. The number of benzene rings is 1. The van der Waals surface area contributed by atoms with Crippen molar-refractivity contribution in [3.63, 3.8) is 0 Å². The zero-order valence-electron chi connectivity index (χ0n) is 10.9. The summed E-state index contributed by atoms with van der Waals surface area (Å²) < 4.78 is 10.3. The summed E-state index contributed by atoms with van der Waals surface area (Å²) in [5.74, 6) is -0.146. The van der Waals surface area contributed by atoms with E-state index in [1.807, 2.05) is 32.0 Å². The lowest BCUT2D eigenvalue weighted by atomic mass is 9.88. The largest absolute Gasteiger partial charge is 0.461 e. The van der Waals surface area contributed by atoms with Gasteiger partial charge in [0, 0.05) is 11.3 Å². The van der Waals surface area contributed by atoms with E-state index in [1.54, 1.807) is 0 Å². The van der Waals surface area contributed by atoms with Crippen LogP contribution in [0.5, 0.6) is 0 Å². The monoisotopic (exact) mass is 258 g/mol. The average molecular weight is 258 g/mol. The van der Waals surface area contributed by atoms with E-state index in [-0.39, 0.29) is 18.8 Å². The van der Waals surface area contributed by atoms with Crippen LogP contribution in [-0.2, 0) is 14.3 Å². The molecule has 0 unspecified atom stereocenters. The molecule has 2 heterocycles. The predicted molar refractivity (Wildman–Crippen MR) is 68.8 cm³/mol. The number of ether oxygens (including phenoxy) is 1. The molecule has 4 nitrogen and oxygen atoms in total. The van der Waals surface area contributed by atoms with Gasteiger partial charge in [-0.25, -0.2) is 0 Å². The molecule has 0 amide bonds. The van der Waals surface area contributed by atoms with Gasteiger partial charge in [-0.05, 0) is 31.0 Å². The summed E-state index contributed by atoms with van der Waals surface area (Å²) in [6.07, 6.45) is 0.489. The first-order valence-electron chi connectivity index (χ1n) is 6.28. The molecular weight excluding hydrogens is 244 g/mol. The highest BCUT2D eigenvalue weighted by molar-refractivity contribution is 5.92. The number of carbonyl (C=O) groups excluding carboxylic acids is 2. The standard InChI is InChI=1S/C15H14O4/c1-8-9(2)18-12-5-3-4-11(15(8)12)10-6-13(16)19-14(17)7-10/h3-5,10H,6-7H2,1-2H3. The third kappa shape index (κ3) is 1.93. The molecule has 0 spiro atoms. The molecule has 0 atom stereocenters. The van der Waals surface area contributed by atoms with E-state index in [0.29, 0.717) is 0 Å². The van der Waals surface area contributed by atoms with Crippen molar-refractivity contribution in [2.75, 3.05) is 0 Å². The highest BCUT2D eigenvalue weighted by atomic mass is 16.6.